The molecule has 0 fully saturated rings. The van der Waals surface area contributed by atoms with Crippen LogP contribution in [0.4, 0.5) is 0 Å². The Hall–Kier alpha value is -1.97. The lowest BCUT2D eigenvalue weighted by Gasteiger charge is -1.98. The number of aromatic amines is 1. The first-order valence-electron chi connectivity index (χ1n) is 4.16. The molecule has 0 amide bonds. The summed E-state index contributed by atoms with van der Waals surface area (Å²) in [5.74, 6) is 0.0614. The zero-order valence-electron chi connectivity index (χ0n) is 7.57. The van der Waals surface area contributed by atoms with Gasteiger partial charge in [-0.15, -0.1) is 0 Å². The molecule has 0 saturated heterocycles. The molecule has 1 aromatic heterocycles. The van der Waals surface area contributed by atoms with E-state index in [1.807, 2.05) is 13.0 Å². The van der Waals surface area contributed by atoms with Gasteiger partial charge in [-0.05, 0) is 19.1 Å². The van der Waals surface area contributed by atoms with Crippen molar-refractivity contribution in [2.45, 2.75) is 6.92 Å². The minimum absolute atomic E-state index is 0.0614. The van der Waals surface area contributed by atoms with Gasteiger partial charge < -0.3 is 4.98 Å². The van der Waals surface area contributed by atoms with Crippen LogP contribution in [0.3, 0.4) is 0 Å². The summed E-state index contributed by atoms with van der Waals surface area (Å²) >= 11 is 0. The molecule has 1 aromatic carbocycles. The smallest absolute Gasteiger partial charge is 0.259 e. The number of carbonyl (C=O) groups excluding carboxylic acids is 1. The van der Waals surface area contributed by atoms with Gasteiger partial charge in [0.05, 0.1) is 10.9 Å². The number of aromatic nitrogens is 2. The Morgan fingerprint density at radius 2 is 2.21 bits per heavy atom. The fraction of sp³-hybridized carbons (Fsp3) is 0.100. The summed E-state index contributed by atoms with van der Waals surface area (Å²) in [6, 6.07) is 5.33. The van der Waals surface area contributed by atoms with E-state index in [1.165, 1.54) is 0 Å². The van der Waals surface area contributed by atoms with Gasteiger partial charge in [0.15, 0.2) is 12.1 Å². The SMILES string of the molecule is Cc1ccc2nc(C=O)[nH]c(=O)c2c1. The first-order chi connectivity index (χ1) is 6.70. The Balaban J connectivity index is 2.90. The zero-order chi connectivity index (χ0) is 10.1. The molecule has 2 rings (SSSR count). The van der Waals surface area contributed by atoms with Gasteiger partial charge in [0.1, 0.15) is 0 Å². The van der Waals surface area contributed by atoms with Crippen molar-refractivity contribution in [3.63, 3.8) is 0 Å². The first-order valence-corrected chi connectivity index (χ1v) is 4.16. The average Bonchev–Trinajstić information content (AvgIpc) is 2.19. The number of aldehydes is 1. The highest BCUT2D eigenvalue weighted by molar-refractivity contribution is 5.81. The second-order valence-corrected chi connectivity index (χ2v) is 3.09. The number of carbonyl (C=O) groups is 1. The molecular formula is C10H8N2O2. The van der Waals surface area contributed by atoms with Crippen LogP contribution < -0.4 is 5.56 Å². The highest BCUT2D eigenvalue weighted by Crippen LogP contribution is 2.08. The number of aryl methyl sites for hydroxylation is 1. The molecule has 0 aliphatic rings. The molecule has 0 bridgehead atoms. The molecule has 1 N–H and O–H groups in total. The van der Waals surface area contributed by atoms with Crippen LogP contribution in [0.25, 0.3) is 10.9 Å². The van der Waals surface area contributed by atoms with E-state index >= 15 is 0 Å². The molecule has 0 aliphatic carbocycles. The van der Waals surface area contributed by atoms with Crippen molar-refractivity contribution in [1.82, 2.24) is 9.97 Å². The predicted molar refractivity (Wildman–Crippen MR) is 52.5 cm³/mol. The van der Waals surface area contributed by atoms with E-state index in [1.54, 1.807) is 12.1 Å². The molecule has 0 spiro atoms. The normalized spacial score (nSPS) is 10.4. The third-order valence-corrected chi connectivity index (χ3v) is 1.99. The predicted octanol–water partition coefficient (Wildman–Crippen LogP) is 1.04. The molecule has 2 aromatic rings. The molecule has 0 aliphatic heterocycles. The second kappa shape index (κ2) is 3.06. The summed E-state index contributed by atoms with van der Waals surface area (Å²) in [6.45, 7) is 1.90. The van der Waals surface area contributed by atoms with E-state index in [4.69, 9.17) is 0 Å². The van der Waals surface area contributed by atoms with Crippen LogP contribution in [-0.2, 0) is 0 Å². The van der Waals surface area contributed by atoms with E-state index in [9.17, 15) is 9.59 Å². The monoisotopic (exact) mass is 188 g/mol. The summed E-state index contributed by atoms with van der Waals surface area (Å²) in [5, 5.41) is 0.510. The van der Waals surface area contributed by atoms with Crippen LogP contribution in [-0.4, -0.2) is 16.3 Å². The highest BCUT2D eigenvalue weighted by Gasteiger charge is 2.02. The van der Waals surface area contributed by atoms with Gasteiger partial charge in [0.2, 0.25) is 0 Å². The van der Waals surface area contributed by atoms with E-state index in [0.29, 0.717) is 17.2 Å². The highest BCUT2D eigenvalue weighted by atomic mass is 16.1. The summed E-state index contributed by atoms with van der Waals surface area (Å²) in [4.78, 5) is 28.3. The van der Waals surface area contributed by atoms with E-state index < -0.39 is 0 Å². The number of nitrogens with one attached hydrogen (secondary N) is 1. The van der Waals surface area contributed by atoms with Crippen molar-refractivity contribution in [2.24, 2.45) is 0 Å². The van der Waals surface area contributed by atoms with Crippen molar-refractivity contribution in [1.29, 1.82) is 0 Å². The van der Waals surface area contributed by atoms with Crippen LogP contribution >= 0.6 is 0 Å². The van der Waals surface area contributed by atoms with Crippen LogP contribution in [0.15, 0.2) is 23.0 Å². The fourth-order valence-electron chi connectivity index (χ4n) is 1.33. The van der Waals surface area contributed by atoms with Gasteiger partial charge in [-0.3, -0.25) is 9.59 Å². The minimum atomic E-state index is -0.277. The number of hydrogen-bond donors (Lipinski definition) is 1. The van der Waals surface area contributed by atoms with E-state index in [0.717, 1.165) is 5.56 Å². The number of nitrogens with zero attached hydrogens (tertiary/aromatic N) is 1. The van der Waals surface area contributed by atoms with Crippen molar-refractivity contribution in [3.05, 3.63) is 39.9 Å². The zero-order valence-corrected chi connectivity index (χ0v) is 7.57. The maximum atomic E-state index is 11.5. The molecule has 0 unspecified atom stereocenters. The molecule has 14 heavy (non-hydrogen) atoms. The van der Waals surface area contributed by atoms with Gasteiger partial charge in [-0.2, -0.15) is 0 Å². The van der Waals surface area contributed by atoms with E-state index in [-0.39, 0.29) is 11.4 Å². The average molecular weight is 188 g/mol. The number of benzene rings is 1. The number of hydrogen-bond acceptors (Lipinski definition) is 3. The standard InChI is InChI=1S/C10H8N2O2/c1-6-2-3-8-7(4-6)10(14)12-9(5-13)11-8/h2-5H,1H3,(H,11,12,14). The Bertz CT molecular complexity index is 558. The molecule has 0 radical (unpaired) electrons. The number of rotatable bonds is 1. The van der Waals surface area contributed by atoms with Crippen molar-refractivity contribution >= 4 is 17.2 Å². The maximum Gasteiger partial charge on any atom is 0.259 e. The quantitative estimate of drug-likeness (QED) is 0.680. The van der Waals surface area contributed by atoms with Crippen LogP contribution in [0.2, 0.25) is 0 Å². The van der Waals surface area contributed by atoms with Gasteiger partial charge in [0.25, 0.3) is 5.56 Å². The molecule has 4 nitrogen and oxygen atoms in total. The largest absolute Gasteiger partial charge is 0.304 e. The van der Waals surface area contributed by atoms with Crippen LogP contribution in [0.5, 0.6) is 0 Å². The lowest BCUT2D eigenvalue weighted by molar-refractivity contribution is 0.111. The van der Waals surface area contributed by atoms with Gasteiger partial charge in [-0.1, -0.05) is 11.6 Å². The topological polar surface area (TPSA) is 62.8 Å². The Kier molecular flexibility index (Phi) is 1.89. The lowest BCUT2D eigenvalue weighted by atomic mass is 10.2. The van der Waals surface area contributed by atoms with Crippen LogP contribution in [0, 0.1) is 6.92 Å². The summed E-state index contributed by atoms with van der Waals surface area (Å²) in [5.41, 5.74) is 1.26. The third kappa shape index (κ3) is 1.31. The minimum Gasteiger partial charge on any atom is -0.304 e. The maximum absolute atomic E-state index is 11.5. The van der Waals surface area contributed by atoms with Gasteiger partial charge in [0, 0.05) is 0 Å². The van der Waals surface area contributed by atoms with Crippen LogP contribution in [0.1, 0.15) is 16.2 Å². The molecule has 4 heteroatoms. The lowest BCUT2D eigenvalue weighted by Crippen LogP contribution is -2.11. The second-order valence-electron chi connectivity index (χ2n) is 3.09. The summed E-state index contributed by atoms with van der Waals surface area (Å²) < 4.78 is 0. The molecule has 1 heterocycles. The Labute approximate surface area is 79.6 Å². The van der Waals surface area contributed by atoms with Crippen molar-refractivity contribution in [3.8, 4) is 0 Å². The van der Waals surface area contributed by atoms with E-state index in [2.05, 4.69) is 9.97 Å². The fourth-order valence-corrected chi connectivity index (χ4v) is 1.33. The first kappa shape index (κ1) is 8.62. The molecule has 0 atom stereocenters. The molecule has 0 saturated carbocycles. The number of fused-ring (bicyclic) bond motifs is 1. The summed E-state index contributed by atoms with van der Waals surface area (Å²) in [7, 11) is 0. The number of H-pyrrole nitrogens is 1. The summed E-state index contributed by atoms with van der Waals surface area (Å²) in [6.07, 6.45) is 0.528. The third-order valence-electron chi connectivity index (χ3n) is 1.99. The van der Waals surface area contributed by atoms with Gasteiger partial charge >= 0.3 is 0 Å². The Morgan fingerprint density at radius 3 is 2.93 bits per heavy atom. The molecule has 70 valence electrons. The van der Waals surface area contributed by atoms with Crippen molar-refractivity contribution in [2.75, 3.05) is 0 Å². The molecular weight excluding hydrogens is 180 g/mol. The Morgan fingerprint density at radius 1 is 1.43 bits per heavy atom. The van der Waals surface area contributed by atoms with Gasteiger partial charge in [-0.25, -0.2) is 4.98 Å². The van der Waals surface area contributed by atoms with Crippen molar-refractivity contribution < 1.29 is 4.79 Å².